The van der Waals surface area contributed by atoms with E-state index in [1.54, 1.807) is 42.5 Å². The molecule has 0 heterocycles. The monoisotopic (exact) mass is 482 g/mol. The van der Waals surface area contributed by atoms with Crippen molar-refractivity contribution in [3.05, 3.63) is 81.9 Å². The van der Waals surface area contributed by atoms with Gasteiger partial charge in [0.25, 0.3) is 5.91 Å². The number of aryl methyl sites for hydroxylation is 1. The van der Waals surface area contributed by atoms with Crippen LogP contribution in [0.4, 0.5) is 0 Å². The number of methoxy groups -OCH3 is 3. The molecule has 0 bridgehead atoms. The van der Waals surface area contributed by atoms with Crippen molar-refractivity contribution in [1.82, 2.24) is 5.43 Å². The van der Waals surface area contributed by atoms with Crippen molar-refractivity contribution in [1.29, 1.82) is 0 Å². The number of esters is 1. The van der Waals surface area contributed by atoms with Gasteiger partial charge in [-0.2, -0.15) is 5.10 Å². The number of hydrazone groups is 1. The number of amides is 1. The van der Waals surface area contributed by atoms with Crippen LogP contribution in [0.3, 0.4) is 0 Å². The van der Waals surface area contributed by atoms with Crippen molar-refractivity contribution >= 4 is 29.7 Å². The molecule has 0 saturated carbocycles. The van der Waals surface area contributed by atoms with Crippen molar-refractivity contribution < 1.29 is 28.5 Å². The number of hydrogen-bond donors (Lipinski definition) is 1. The molecule has 0 aliphatic rings. The lowest BCUT2D eigenvalue weighted by atomic mass is 10.1. The Kier molecular flexibility index (Phi) is 8.10. The number of rotatable bonds is 8. The zero-order valence-corrected chi connectivity index (χ0v) is 19.8. The number of carbonyl (C=O) groups excluding carboxylic acids is 2. The predicted molar refractivity (Wildman–Crippen MR) is 129 cm³/mol. The fourth-order valence-electron chi connectivity index (χ4n) is 3.00. The van der Waals surface area contributed by atoms with E-state index in [4.69, 9.17) is 30.5 Å². The number of nitrogens with zero attached hydrogens (tertiary/aromatic N) is 1. The molecule has 0 aliphatic carbocycles. The second-order valence-corrected chi connectivity index (χ2v) is 7.41. The minimum absolute atomic E-state index is 0.200. The van der Waals surface area contributed by atoms with Gasteiger partial charge in [0.15, 0.2) is 11.5 Å². The lowest BCUT2D eigenvalue weighted by Crippen LogP contribution is -2.17. The fourth-order valence-corrected chi connectivity index (χ4v) is 3.18. The number of carbonyl (C=O) groups is 2. The van der Waals surface area contributed by atoms with Crippen molar-refractivity contribution in [3.8, 4) is 23.0 Å². The summed E-state index contributed by atoms with van der Waals surface area (Å²) in [6.45, 7) is 1.85. The molecule has 3 rings (SSSR count). The van der Waals surface area contributed by atoms with E-state index >= 15 is 0 Å². The standard InChI is InChI=1S/C25H23ClN2O6/c1-15-9-10-16(11-19(15)26)24(29)28-27-14-17-7-5-6-8-20(17)34-25(30)18-12-21(31-2)23(33-4)22(13-18)32-3/h5-14H,1-4H3,(H,28,29)/b27-14-. The molecule has 0 fully saturated rings. The molecule has 0 saturated heterocycles. The lowest BCUT2D eigenvalue weighted by Gasteiger charge is -2.14. The van der Waals surface area contributed by atoms with Crippen LogP contribution in [-0.2, 0) is 0 Å². The molecule has 3 aromatic rings. The Balaban J connectivity index is 1.77. The average molecular weight is 483 g/mol. The highest BCUT2D eigenvalue weighted by Gasteiger charge is 2.19. The number of halogens is 1. The summed E-state index contributed by atoms with van der Waals surface area (Å²) in [6.07, 6.45) is 1.38. The van der Waals surface area contributed by atoms with Gasteiger partial charge in [0.05, 0.1) is 33.1 Å². The van der Waals surface area contributed by atoms with Crippen LogP contribution in [0.15, 0.2) is 59.7 Å². The van der Waals surface area contributed by atoms with Crippen LogP contribution in [-0.4, -0.2) is 39.4 Å². The SMILES string of the molecule is COc1cc(C(=O)Oc2ccccc2/C=N\NC(=O)c2ccc(C)c(Cl)c2)cc(OC)c1OC. The molecule has 0 radical (unpaired) electrons. The molecule has 1 amide bonds. The third-order valence-electron chi connectivity index (χ3n) is 4.83. The predicted octanol–water partition coefficient (Wildman–Crippen LogP) is 4.66. The number of benzene rings is 3. The van der Waals surface area contributed by atoms with Crippen LogP contribution >= 0.6 is 11.6 Å². The summed E-state index contributed by atoms with van der Waals surface area (Å²) >= 11 is 6.07. The third-order valence-corrected chi connectivity index (χ3v) is 5.23. The maximum atomic E-state index is 12.8. The average Bonchev–Trinajstić information content (AvgIpc) is 2.85. The molecule has 1 N–H and O–H groups in total. The van der Waals surface area contributed by atoms with Crippen LogP contribution < -0.4 is 24.4 Å². The van der Waals surface area contributed by atoms with Crippen LogP contribution in [0, 0.1) is 6.92 Å². The summed E-state index contributed by atoms with van der Waals surface area (Å²) in [5, 5.41) is 4.46. The molecule has 0 aromatic heterocycles. The van der Waals surface area contributed by atoms with Gasteiger partial charge in [-0.05, 0) is 48.9 Å². The van der Waals surface area contributed by atoms with E-state index in [0.29, 0.717) is 33.4 Å². The van der Waals surface area contributed by atoms with Crippen molar-refractivity contribution in [2.24, 2.45) is 5.10 Å². The minimum Gasteiger partial charge on any atom is -0.493 e. The molecule has 3 aromatic carbocycles. The van der Waals surface area contributed by atoms with Gasteiger partial charge in [-0.25, -0.2) is 10.2 Å². The van der Waals surface area contributed by atoms with Crippen LogP contribution in [0.2, 0.25) is 5.02 Å². The van der Waals surface area contributed by atoms with Gasteiger partial charge in [0.1, 0.15) is 5.75 Å². The molecule has 0 aliphatic heterocycles. The molecule has 9 heteroatoms. The molecule has 176 valence electrons. The molecule has 0 atom stereocenters. The van der Waals surface area contributed by atoms with E-state index in [1.165, 1.54) is 39.7 Å². The molecule has 0 unspecified atom stereocenters. The summed E-state index contributed by atoms with van der Waals surface area (Å²) in [7, 11) is 4.38. The molecule has 34 heavy (non-hydrogen) atoms. The van der Waals surface area contributed by atoms with E-state index in [2.05, 4.69) is 10.5 Å². The summed E-state index contributed by atoms with van der Waals surface area (Å²) in [6, 6.07) is 14.7. The lowest BCUT2D eigenvalue weighted by molar-refractivity contribution is 0.0733. The van der Waals surface area contributed by atoms with Gasteiger partial charge in [-0.15, -0.1) is 0 Å². The van der Waals surface area contributed by atoms with Crippen LogP contribution in [0.1, 0.15) is 31.8 Å². The highest BCUT2D eigenvalue weighted by molar-refractivity contribution is 6.31. The minimum atomic E-state index is -0.640. The van der Waals surface area contributed by atoms with Gasteiger partial charge in [-0.1, -0.05) is 29.8 Å². The Bertz CT molecular complexity index is 1220. The van der Waals surface area contributed by atoms with Crippen molar-refractivity contribution in [3.63, 3.8) is 0 Å². The molecule has 0 spiro atoms. The highest BCUT2D eigenvalue weighted by atomic mass is 35.5. The van der Waals surface area contributed by atoms with Gasteiger partial charge >= 0.3 is 5.97 Å². The second kappa shape index (κ2) is 11.2. The Hall–Kier alpha value is -4.04. The quantitative estimate of drug-likeness (QED) is 0.217. The summed E-state index contributed by atoms with van der Waals surface area (Å²) in [4.78, 5) is 25.1. The first-order valence-corrected chi connectivity index (χ1v) is 10.5. The zero-order chi connectivity index (χ0) is 24.7. The number of ether oxygens (including phenoxy) is 4. The normalized spacial score (nSPS) is 10.6. The topological polar surface area (TPSA) is 95.5 Å². The maximum absolute atomic E-state index is 12.8. The zero-order valence-electron chi connectivity index (χ0n) is 19.0. The summed E-state index contributed by atoms with van der Waals surface area (Å²) < 4.78 is 21.4. The van der Waals surface area contributed by atoms with E-state index in [0.717, 1.165) is 5.56 Å². The van der Waals surface area contributed by atoms with Gasteiger partial charge in [0.2, 0.25) is 5.75 Å². The van der Waals surface area contributed by atoms with E-state index in [-0.39, 0.29) is 11.3 Å². The van der Waals surface area contributed by atoms with Crippen molar-refractivity contribution in [2.45, 2.75) is 6.92 Å². The van der Waals surface area contributed by atoms with Gasteiger partial charge in [-0.3, -0.25) is 4.79 Å². The summed E-state index contributed by atoms with van der Waals surface area (Å²) in [5.74, 6) is 0.186. The van der Waals surface area contributed by atoms with Crippen LogP contribution in [0.25, 0.3) is 0 Å². The van der Waals surface area contributed by atoms with Crippen molar-refractivity contribution in [2.75, 3.05) is 21.3 Å². The van der Waals surface area contributed by atoms with Gasteiger partial charge < -0.3 is 18.9 Å². The first-order chi connectivity index (χ1) is 16.4. The number of para-hydroxylation sites is 1. The Morgan fingerprint density at radius 3 is 2.18 bits per heavy atom. The maximum Gasteiger partial charge on any atom is 0.343 e. The van der Waals surface area contributed by atoms with Crippen LogP contribution in [0.5, 0.6) is 23.0 Å². The molecular formula is C25H23ClN2O6. The highest BCUT2D eigenvalue weighted by Crippen LogP contribution is 2.38. The number of nitrogens with one attached hydrogen (secondary N) is 1. The van der Waals surface area contributed by atoms with E-state index < -0.39 is 11.9 Å². The number of hydrogen-bond acceptors (Lipinski definition) is 7. The third kappa shape index (κ3) is 5.65. The molecule has 8 nitrogen and oxygen atoms in total. The first-order valence-electron chi connectivity index (χ1n) is 10.1. The second-order valence-electron chi connectivity index (χ2n) is 7.00. The Labute approximate surface area is 202 Å². The summed E-state index contributed by atoms with van der Waals surface area (Å²) in [5.41, 5.74) is 4.35. The smallest absolute Gasteiger partial charge is 0.343 e. The van der Waals surface area contributed by atoms with Gasteiger partial charge in [0, 0.05) is 16.1 Å². The largest absolute Gasteiger partial charge is 0.493 e. The first kappa shape index (κ1) is 24.6. The fraction of sp³-hybridized carbons (Fsp3) is 0.160. The Morgan fingerprint density at radius 2 is 1.56 bits per heavy atom. The van der Waals surface area contributed by atoms with E-state index in [1.807, 2.05) is 6.92 Å². The van der Waals surface area contributed by atoms with E-state index in [9.17, 15) is 9.59 Å². The Morgan fingerprint density at radius 1 is 0.882 bits per heavy atom. The molecular weight excluding hydrogens is 460 g/mol.